The van der Waals surface area contributed by atoms with Crippen molar-refractivity contribution in [1.29, 1.82) is 0 Å². The monoisotopic (exact) mass is 378 g/mol. The predicted octanol–water partition coefficient (Wildman–Crippen LogP) is 0.762. The topological polar surface area (TPSA) is 96.2 Å². The Morgan fingerprint density at radius 1 is 1.21 bits per heavy atom. The number of aromatic nitrogens is 2. The summed E-state index contributed by atoms with van der Waals surface area (Å²) in [5, 5.41) is 17.3. The zero-order valence-corrected chi connectivity index (χ0v) is 15.3. The lowest BCUT2D eigenvalue weighted by Gasteiger charge is -2.43. The third-order valence-electron chi connectivity index (χ3n) is 5.30. The number of nitrogens with zero attached hydrogens (tertiary/aromatic N) is 2. The zero-order valence-electron chi connectivity index (χ0n) is 15.3. The van der Waals surface area contributed by atoms with Gasteiger partial charge in [-0.1, -0.05) is 42.5 Å². The molecule has 4 rings (SSSR count). The normalized spacial score (nSPS) is 22.1. The van der Waals surface area contributed by atoms with Crippen LogP contribution in [0.5, 0.6) is 0 Å². The number of hydrogen-bond acceptors (Lipinski definition) is 5. The van der Waals surface area contributed by atoms with Gasteiger partial charge in [0.1, 0.15) is 6.54 Å². The minimum atomic E-state index is -0.891. The molecule has 1 amide bonds. The number of hydrogen-bond donors (Lipinski definition) is 3. The van der Waals surface area contributed by atoms with Crippen LogP contribution in [-0.2, 0) is 16.9 Å². The van der Waals surface area contributed by atoms with E-state index < -0.39 is 11.6 Å². The number of para-hydroxylation sites is 1. The van der Waals surface area contributed by atoms with E-state index in [-0.39, 0.29) is 18.0 Å². The Kier molecular flexibility index (Phi) is 4.93. The van der Waals surface area contributed by atoms with E-state index in [9.17, 15) is 14.7 Å². The van der Waals surface area contributed by atoms with E-state index in [0.29, 0.717) is 30.4 Å². The Morgan fingerprint density at radius 3 is 2.75 bits per heavy atom. The number of carbonyl (C=O) groups is 1. The molecule has 1 saturated heterocycles. The second-order valence-electron chi connectivity index (χ2n) is 7.05. The molecule has 1 aliphatic heterocycles. The predicted molar refractivity (Wildman–Crippen MR) is 106 cm³/mol. The minimum Gasteiger partial charge on any atom is -0.389 e. The van der Waals surface area contributed by atoms with E-state index in [2.05, 4.69) is 15.6 Å². The molecule has 0 saturated carbocycles. The molecule has 2 aromatic carbocycles. The lowest BCUT2D eigenvalue weighted by atomic mass is 9.79. The van der Waals surface area contributed by atoms with Gasteiger partial charge in [0.2, 0.25) is 5.91 Å². The molecule has 3 N–H and O–H groups in total. The molecule has 7 nitrogen and oxygen atoms in total. The third-order valence-corrected chi connectivity index (χ3v) is 5.30. The first-order chi connectivity index (χ1) is 13.6. The minimum absolute atomic E-state index is 0.161. The molecule has 1 fully saturated rings. The molecule has 3 aromatic rings. The van der Waals surface area contributed by atoms with Crippen LogP contribution >= 0.6 is 0 Å². The Bertz CT molecular complexity index is 1050. The Labute approximate surface area is 162 Å². The van der Waals surface area contributed by atoms with Crippen molar-refractivity contribution in [3.63, 3.8) is 0 Å². The summed E-state index contributed by atoms with van der Waals surface area (Å²) in [6, 6.07) is 16.5. The van der Waals surface area contributed by atoms with E-state index in [1.165, 1.54) is 10.9 Å². The van der Waals surface area contributed by atoms with Gasteiger partial charge in [-0.2, -0.15) is 0 Å². The number of rotatable bonds is 4. The smallest absolute Gasteiger partial charge is 0.261 e. The third kappa shape index (κ3) is 3.30. The van der Waals surface area contributed by atoms with Crippen LogP contribution in [0.1, 0.15) is 12.0 Å². The molecule has 0 spiro atoms. The Balaban J connectivity index is 1.62. The van der Waals surface area contributed by atoms with Gasteiger partial charge in [-0.05, 0) is 30.7 Å². The molecular weight excluding hydrogens is 356 g/mol. The summed E-state index contributed by atoms with van der Waals surface area (Å²) in [5.74, 6) is -0.344. The largest absolute Gasteiger partial charge is 0.389 e. The van der Waals surface area contributed by atoms with Gasteiger partial charge in [0.05, 0.1) is 28.9 Å². The fourth-order valence-electron chi connectivity index (χ4n) is 3.82. The molecule has 0 radical (unpaired) electrons. The van der Waals surface area contributed by atoms with Gasteiger partial charge >= 0.3 is 0 Å². The van der Waals surface area contributed by atoms with E-state index in [0.717, 1.165) is 5.56 Å². The molecule has 0 aliphatic carbocycles. The van der Waals surface area contributed by atoms with E-state index in [1.54, 1.807) is 18.2 Å². The molecule has 28 heavy (non-hydrogen) atoms. The highest BCUT2D eigenvalue weighted by molar-refractivity contribution is 5.79. The Morgan fingerprint density at radius 2 is 1.96 bits per heavy atom. The van der Waals surface area contributed by atoms with E-state index >= 15 is 0 Å². The zero-order chi connectivity index (χ0) is 19.6. The molecule has 2 heterocycles. The average Bonchev–Trinajstić information content (AvgIpc) is 2.73. The fraction of sp³-hybridized carbons (Fsp3) is 0.286. The highest BCUT2D eigenvalue weighted by Gasteiger charge is 2.42. The average molecular weight is 378 g/mol. The van der Waals surface area contributed by atoms with Gasteiger partial charge in [-0.15, -0.1) is 0 Å². The van der Waals surface area contributed by atoms with Gasteiger partial charge in [-0.3, -0.25) is 14.2 Å². The number of aliphatic hydroxyl groups is 1. The Hall–Kier alpha value is -3.03. The molecule has 1 aromatic heterocycles. The maximum absolute atomic E-state index is 12.9. The maximum Gasteiger partial charge on any atom is 0.261 e. The number of benzene rings is 2. The maximum atomic E-state index is 12.9. The first kappa shape index (κ1) is 18.3. The molecule has 144 valence electrons. The van der Waals surface area contributed by atoms with Crippen molar-refractivity contribution in [1.82, 2.24) is 20.2 Å². The van der Waals surface area contributed by atoms with E-state index in [1.807, 2.05) is 36.4 Å². The number of amides is 1. The lowest BCUT2D eigenvalue weighted by Crippen LogP contribution is -2.61. The summed E-state index contributed by atoms with van der Waals surface area (Å²) in [4.78, 5) is 29.8. The summed E-state index contributed by atoms with van der Waals surface area (Å²) >= 11 is 0. The first-order valence-corrected chi connectivity index (χ1v) is 9.30. The van der Waals surface area contributed by atoms with Gasteiger partial charge < -0.3 is 15.7 Å². The highest BCUT2D eigenvalue weighted by atomic mass is 16.3. The fourth-order valence-corrected chi connectivity index (χ4v) is 3.82. The van der Waals surface area contributed by atoms with Crippen LogP contribution in [0.4, 0.5) is 0 Å². The van der Waals surface area contributed by atoms with Crippen LogP contribution in [0.15, 0.2) is 65.7 Å². The van der Waals surface area contributed by atoms with Crippen LogP contribution in [0.25, 0.3) is 10.9 Å². The van der Waals surface area contributed by atoms with Crippen molar-refractivity contribution in [2.24, 2.45) is 0 Å². The summed E-state index contributed by atoms with van der Waals surface area (Å²) in [5.41, 5.74) is 0.290. The number of fused-ring (bicyclic) bond motifs is 1. The quantitative estimate of drug-likeness (QED) is 0.623. The number of nitrogens with one attached hydrogen (secondary N) is 2. The van der Waals surface area contributed by atoms with Crippen LogP contribution in [0.3, 0.4) is 0 Å². The second-order valence-corrected chi connectivity index (χ2v) is 7.05. The lowest BCUT2D eigenvalue weighted by molar-refractivity contribution is -0.126. The van der Waals surface area contributed by atoms with Gasteiger partial charge in [0.25, 0.3) is 5.56 Å². The molecular formula is C21H22N4O3. The summed E-state index contributed by atoms with van der Waals surface area (Å²) in [6.45, 7) is 0.891. The van der Waals surface area contributed by atoms with Crippen molar-refractivity contribution in [3.05, 3.63) is 76.8 Å². The second kappa shape index (κ2) is 7.53. The van der Waals surface area contributed by atoms with Crippen molar-refractivity contribution in [3.8, 4) is 0 Å². The molecule has 0 bridgehead atoms. The highest BCUT2D eigenvalue weighted by Crippen LogP contribution is 2.31. The summed E-state index contributed by atoms with van der Waals surface area (Å²) in [7, 11) is 0. The van der Waals surface area contributed by atoms with Gasteiger partial charge in [0, 0.05) is 6.54 Å². The first-order valence-electron chi connectivity index (χ1n) is 9.30. The van der Waals surface area contributed by atoms with Crippen molar-refractivity contribution in [2.45, 2.75) is 24.6 Å². The molecule has 0 unspecified atom stereocenters. The molecule has 7 heteroatoms. The number of piperidine rings is 1. The number of aliphatic hydroxyl groups excluding tert-OH is 1. The van der Waals surface area contributed by atoms with Crippen LogP contribution in [-0.4, -0.2) is 39.8 Å². The van der Waals surface area contributed by atoms with Crippen molar-refractivity contribution < 1.29 is 9.90 Å². The van der Waals surface area contributed by atoms with Crippen molar-refractivity contribution >= 4 is 16.8 Å². The molecule has 2 atom stereocenters. The number of carbonyl (C=O) groups excluding carboxylic acids is 1. The molecule has 1 aliphatic rings. The summed E-state index contributed by atoms with van der Waals surface area (Å²) < 4.78 is 1.30. The van der Waals surface area contributed by atoms with Crippen molar-refractivity contribution in [2.75, 3.05) is 13.1 Å². The summed E-state index contributed by atoms with van der Waals surface area (Å²) in [6.07, 6.45) is 1.16. The van der Waals surface area contributed by atoms with Crippen LogP contribution in [0.2, 0.25) is 0 Å². The van der Waals surface area contributed by atoms with E-state index in [4.69, 9.17) is 0 Å². The van der Waals surface area contributed by atoms with Gasteiger partial charge in [0.15, 0.2) is 0 Å². The number of β-amino-alcohol motifs (C(OH)–C–C–N with tert-alkyl or cyclic N) is 1. The standard InChI is InChI=1S/C21H22N4O3/c26-18-12-22-11-10-21(18,15-6-2-1-3-7-15)24-19(27)13-25-14-23-17-9-5-4-8-16(17)20(25)28/h1-9,14,18,22,26H,10-13H2,(H,24,27)/t18-,21+/m1/s1. The van der Waals surface area contributed by atoms with Crippen LogP contribution < -0.4 is 16.2 Å². The van der Waals surface area contributed by atoms with Crippen LogP contribution in [0, 0.1) is 0 Å². The van der Waals surface area contributed by atoms with Gasteiger partial charge in [-0.25, -0.2) is 4.98 Å². The SMILES string of the molecule is O=C(Cn1cnc2ccccc2c1=O)N[C@]1(c2ccccc2)CCNC[C@H]1O.